The summed E-state index contributed by atoms with van der Waals surface area (Å²) in [5.74, 6) is 0. The Bertz CT molecular complexity index is 517. The van der Waals surface area contributed by atoms with Gasteiger partial charge in [0.25, 0.3) is 0 Å². The average Bonchev–Trinajstić information content (AvgIpc) is 2.38. The SMILES string of the molecule is O=[N+]([O-])c1cnccc1NCc1ccncn1. The lowest BCUT2D eigenvalue weighted by molar-refractivity contribution is -0.384. The fourth-order valence-corrected chi connectivity index (χ4v) is 1.29. The molecule has 2 aromatic heterocycles. The number of nitro groups is 1. The van der Waals surface area contributed by atoms with Gasteiger partial charge in [0.2, 0.25) is 0 Å². The van der Waals surface area contributed by atoms with E-state index in [1.807, 2.05) is 0 Å². The lowest BCUT2D eigenvalue weighted by Gasteiger charge is -2.05. The second kappa shape index (κ2) is 4.97. The Labute approximate surface area is 96.7 Å². The van der Waals surface area contributed by atoms with Crippen LogP contribution < -0.4 is 5.32 Å². The van der Waals surface area contributed by atoms with Gasteiger partial charge in [0.1, 0.15) is 18.2 Å². The number of rotatable bonds is 4. The lowest BCUT2D eigenvalue weighted by atomic mass is 10.3. The van der Waals surface area contributed by atoms with Crippen molar-refractivity contribution in [3.63, 3.8) is 0 Å². The van der Waals surface area contributed by atoms with E-state index in [0.717, 1.165) is 5.69 Å². The first-order chi connectivity index (χ1) is 8.27. The smallest absolute Gasteiger partial charge is 0.310 e. The van der Waals surface area contributed by atoms with Crippen molar-refractivity contribution in [2.45, 2.75) is 6.54 Å². The average molecular weight is 231 g/mol. The van der Waals surface area contributed by atoms with Crippen molar-refractivity contribution in [3.05, 3.63) is 52.9 Å². The molecule has 86 valence electrons. The van der Waals surface area contributed by atoms with E-state index in [2.05, 4.69) is 20.3 Å². The zero-order valence-electron chi connectivity index (χ0n) is 8.78. The number of nitrogens with one attached hydrogen (secondary N) is 1. The molecule has 7 nitrogen and oxygen atoms in total. The number of nitrogens with zero attached hydrogens (tertiary/aromatic N) is 4. The molecule has 0 saturated heterocycles. The molecule has 0 amide bonds. The van der Waals surface area contributed by atoms with Crippen molar-refractivity contribution in [1.82, 2.24) is 15.0 Å². The molecule has 0 spiro atoms. The number of aromatic nitrogens is 3. The predicted octanol–water partition coefficient (Wildman–Crippen LogP) is 1.39. The van der Waals surface area contributed by atoms with Crippen LogP contribution in [0.15, 0.2) is 37.1 Å². The highest BCUT2D eigenvalue weighted by molar-refractivity contribution is 5.59. The van der Waals surface area contributed by atoms with Gasteiger partial charge in [-0.05, 0) is 12.1 Å². The van der Waals surface area contributed by atoms with Crippen molar-refractivity contribution in [1.29, 1.82) is 0 Å². The van der Waals surface area contributed by atoms with Crippen LogP contribution in [0.1, 0.15) is 5.69 Å². The van der Waals surface area contributed by atoms with E-state index in [4.69, 9.17) is 0 Å². The van der Waals surface area contributed by atoms with Crippen LogP contribution in [0.3, 0.4) is 0 Å². The topological polar surface area (TPSA) is 93.8 Å². The molecule has 7 heteroatoms. The fourth-order valence-electron chi connectivity index (χ4n) is 1.29. The maximum absolute atomic E-state index is 10.7. The van der Waals surface area contributed by atoms with Gasteiger partial charge in [0.05, 0.1) is 17.2 Å². The summed E-state index contributed by atoms with van der Waals surface area (Å²) in [6.07, 6.45) is 5.75. The summed E-state index contributed by atoms with van der Waals surface area (Å²) in [6, 6.07) is 3.29. The molecule has 2 heterocycles. The molecule has 0 unspecified atom stereocenters. The molecule has 2 rings (SSSR count). The van der Waals surface area contributed by atoms with Crippen LogP contribution in [-0.2, 0) is 6.54 Å². The molecule has 2 aromatic rings. The van der Waals surface area contributed by atoms with Gasteiger partial charge in [0.15, 0.2) is 0 Å². The van der Waals surface area contributed by atoms with Crippen LogP contribution in [0.2, 0.25) is 0 Å². The van der Waals surface area contributed by atoms with Gasteiger partial charge in [-0.3, -0.25) is 15.1 Å². The Morgan fingerprint density at radius 2 is 2.12 bits per heavy atom. The third kappa shape index (κ3) is 2.71. The highest BCUT2D eigenvalue weighted by Crippen LogP contribution is 2.22. The number of pyridine rings is 1. The van der Waals surface area contributed by atoms with E-state index >= 15 is 0 Å². The highest BCUT2D eigenvalue weighted by Gasteiger charge is 2.12. The summed E-state index contributed by atoms with van der Waals surface area (Å²) in [4.78, 5) is 21.8. The van der Waals surface area contributed by atoms with Crippen molar-refractivity contribution in [3.8, 4) is 0 Å². The monoisotopic (exact) mass is 231 g/mol. The molecule has 0 bridgehead atoms. The Morgan fingerprint density at radius 1 is 1.29 bits per heavy atom. The summed E-state index contributed by atoms with van der Waals surface area (Å²) in [7, 11) is 0. The first-order valence-corrected chi connectivity index (χ1v) is 4.84. The molecular formula is C10H9N5O2. The molecule has 17 heavy (non-hydrogen) atoms. The maximum atomic E-state index is 10.7. The van der Waals surface area contributed by atoms with E-state index in [1.54, 1.807) is 18.3 Å². The minimum Gasteiger partial charge on any atom is -0.374 e. The minimum absolute atomic E-state index is 0.0541. The third-order valence-electron chi connectivity index (χ3n) is 2.10. The molecule has 0 atom stereocenters. The van der Waals surface area contributed by atoms with Gasteiger partial charge < -0.3 is 5.32 Å². The highest BCUT2D eigenvalue weighted by atomic mass is 16.6. The Hall–Kier alpha value is -2.57. The molecule has 0 aliphatic carbocycles. The van der Waals surface area contributed by atoms with E-state index < -0.39 is 4.92 Å². The van der Waals surface area contributed by atoms with Crippen LogP contribution in [0.5, 0.6) is 0 Å². The van der Waals surface area contributed by atoms with Crippen LogP contribution in [0.4, 0.5) is 11.4 Å². The summed E-state index contributed by atoms with van der Waals surface area (Å²) in [6.45, 7) is 0.396. The number of anilines is 1. The Morgan fingerprint density at radius 3 is 2.82 bits per heavy atom. The van der Waals surface area contributed by atoms with Gasteiger partial charge >= 0.3 is 5.69 Å². The van der Waals surface area contributed by atoms with Gasteiger partial charge in [-0.25, -0.2) is 9.97 Å². The molecule has 1 N–H and O–H groups in total. The van der Waals surface area contributed by atoms with Gasteiger partial charge in [-0.1, -0.05) is 0 Å². The Balaban J connectivity index is 2.12. The standard InChI is InChI=1S/C10H9N5O2/c16-15(17)10-6-11-4-2-9(10)13-5-8-1-3-12-7-14-8/h1-4,6-7H,5H2,(H,11,13). The van der Waals surface area contributed by atoms with E-state index in [9.17, 15) is 10.1 Å². The summed E-state index contributed by atoms with van der Waals surface area (Å²) >= 11 is 0. The second-order valence-electron chi connectivity index (χ2n) is 3.20. The summed E-state index contributed by atoms with van der Waals surface area (Å²) < 4.78 is 0. The zero-order chi connectivity index (χ0) is 12.1. The molecular weight excluding hydrogens is 222 g/mol. The van der Waals surface area contributed by atoms with Gasteiger partial charge in [-0.2, -0.15) is 0 Å². The van der Waals surface area contributed by atoms with Crippen molar-refractivity contribution in [2.75, 3.05) is 5.32 Å². The van der Waals surface area contributed by atoms with E-state index in [0.29, 0.717) is 12.2 Å². The molecule has 0 fully saturated rings. The van der Waals surface area contributed by atoms with Crippen LogP contribution in [0.25, 0.3) is 0 Å². The van der Waals surface area contributed by atoms with Crippen molar-refractivity contribution >= 4 is 11.4 Å². The third-order valence-corrected chi connectivity index (χ3v) is 2.10. The second-order valence-corrected chi connectivity index (χ2v) is 3.20. The maximum Gasteiger partial charge on any atom is 0.310 e. The zero-order valence-corrected chi connectivity index (χ0v) is 8.78. The first kappa shape index (κ1) is 10.9. The lowest BCUT2D eigenvalue weighted by Crippen LogP contribution is -2.04. The quantitative estimate of drug-likeness (QED) is 0.631. The van der Waals surface area contributed by atoms with Crippen LogP contribution in [-0.4, -0.2) is 19.9 Å². The number of hydrogen-bond donors (Lipinski definition) is 1. The van der Waals surface area contributed by atoms with Crippen molar-refractivity contribution in [2.24, 2.45) is 0 Å². The normalized spacial score (nSPS) is 9.88. The predicted molar refractivity (Wildman–Crippen MR) is 60.3 cm³/mol. The van der Waals surface area contributed by atoms with Gasteiger partial charge in [0, 0.05) is 12.4 Å². The van der Waals surface area contributed by atoms with Gasteiger partial charge in [-0.15, -0.1) is 0 Å². The van der Waals surface area contributed by atoms with Crippen LogP contribution >= 0.6 is 0 Å². The Kier molecular flexibility index (Phi) is 3.20. The van der Waals surface area contributed by atoms with E-state index in [-0.39, 0.29) is 5.69 Å². The van der Waals surface area contributed by atoms with E-state index in [1.165, 1.54) is 18.7 Å². The number of hydrogen-bond acceptors (Lipinski definition) is 6. The molecule has 0 radical (unpaired) electrons. The molecule has 0 aliphatic heterocycles. The fraction of sp³-hybridized carbons (Fsp3) is 0.100. The summed E-state index contributed by atoms with van der Waals surface area (Å²) in [5, 5.41) is 13.7. The summed E-state index contributed by atoms with van der Waals surface area (Å²) in [5.41, 5.74) is 1.12. The molecule has 0 aromatic carbocycles. The minimum atomic E-state index is -0.477. The largest absolute Gasteiger partial charge is 0.374 e. The van der Waals surface area contributed by atoms with Crippen molar-refractivity contribution < 1.29 is 4.92 Å². The van der Waals surface area contributed by atoms with Crippen LogP contribution in [0, 0.1) is 10.1 Å². The molecule has 0 saturated carbocycles. The molecule has 0 aliphatic rings. The first-order valence-electron chi connectivity index (χ1n) is 4.84.